The molecule has 0 aliphatic carbocycles. The summed E-state index contributed by atoms with van der Waals surface area (Å²) >= 11 is 0. The van der Waals surface area contributed by atoms with Gasteiger partial charge in [0.05, 0.1) is 10.1 Å². The molecule has 0 saturated heterocycles. The van der Waals surface area contributed by atoms with Crippen molar-refractivity contribution >= 4 is 10.1 Å². The predicted molar refractivity (Wildman–Crippen MR) is 107 cm³/mol. The summed E-state index contributed by atoms with van der Waals surface area (Å²) in [7, 11) is -2.25. The van der Waals surface area contributed by atoms with Crippen molar-refractivity contribution in [2.24, 2.45) is 7.05 Å². The van der Waals surface area contributed by atoms with E-state index in [4.69, 9.17) is 0 Å². The molecule has 0 spiro atoms. The lowest BCUT2D eigenvalue weighted by molar-refractivity contribution is -0.747. The van der Waals surface area contributed by atoms with Crippen molar-refractivity contribution in [3.05, 3.63) is 77.6 Å². The second-order valence-electron chi connectivity index (χ2n) is 6.69. The quantitative estimate of drug-likeness (QED) is 0.470. The minimum absolute atomic E-state index is 0.178. The van der Waals surface area contributed by atoms with Gasteiger partial charge in [-0.25, -0.2) is 8.42 Å². The molecule has 2 aromatic carbocycles. The van der Waals surface area contributed by atoms with E-state index in [1.54, 1.807) is 12.1 Å². The lowest BCUT2D eigenvalue weighted by atomic mass is 10.2. The Morgan fingerprint density at radius 3 is 2.29 bits per heavy atom. The molecule has 7 heteroatoms. The van der Waals surface area contributed by atoms with Gasteiger partial charge in [-0.05, 0) is 31.0 Å². The first-order valence-corrected chi connectivity index (χ1v) is 10.7. The van der Waals surface area contributed by atoms with Gasteiger partial charge in [-0.3, -0.25) is 0 Å². The lowest BCUT2D eigenvalue weighted by Crippen LogP contribution is -2.36. The molecule has 0 bridgehead atoms. The van der Waals surface area contributed by atoms with Crippen LogP contribution in [0.4, 0.5) is 0 Å². The molecule has 0 aliphatic heterocycles. The number of aromatic nitrogens is 3. The second-order valence-corrected chi connectivity index (χ2v) is 8.07. The van der Waals surface area contributed by atoms with Crippen LogP contribution in [0.5, 0.6) is 0 Å². The molecule has 150 valence electrons. The summed E-state index contributed by atoms with van der Waals surface area (Å²) in [6, 6.07) is 16.2. The maximum atomic E-state index is 10.4. The van der Waals surface area contributed by atoms with Gasteiger partial charge >= 0.3 is 0 Å². The summed E-state index contributed by atoms with van der Waals surface area (Å²) in [6.07, 6.45) is 5.72. The maximum Gasteiger partial charge on any atom is 0.167 e. The highest BCUT2D eigenvalue weighted by Crippen LogP contribution is 2.08. The van der Waals surface area contributed by atoms with E-state index in [-0.39, 0.29) is 4.90 Å². The van der Waals surface area contributed by atoms with Crippen molar-refractivity contribution in [3.63, 3.8) is 0 Å². The van der Waals surface area contributed by atoms with E-state index in [0.29, 0.717) is 0 Å². The minimum atomic E-state index is -4.27. The SMILES string of the molecule is CCCCc1c[n+](Cc2ccccc2)nn1C.Cc1ccc(S(=O)(=O)[O-])cc1. The molecular formula is C21H27N3O3S. The topological polar surface area (TPSA) is 78.9 Å². The van der Waals surface area contributed by atoms with Crippen molar-refractivity contribution in [1.29, 1.82) is 0 Å². The predicted octanol–water partition coefficient (Wildman–Crippen LogP) is 3.00. The first-order chi connectivity index (χ1) is 13.3. The smallest absolute Gasteiger partial charge is 0.167 e. The highest BCUT2D eigenvalue weighted by molar-refractivity contribution is 7.85. The molecule has 0 aliphatic rings. The number of hydrogen-bond donors (Lipinski definition) is 0. The van der Waals surface area contributed by atoms with E-state index >= 15 is 0 Å². The summed E-state index contributed by atoms with van der Waals surface area (Å²) in [5.41, 5.74) is 3.53. The molecule has 0 unspecified atom stereocenters. The minimum Gasteiger partial charge on any atom is -0.744 e. The van der Waals surface area contributed by atoms with Crippen molar-refractivity contribution in [1.82, 2.24) is 9.90 Å². The van der Waals surface area contributed by atoms with Gasteiger partial charge < -0.3 is 4.55 Å². The standard InChI is InChI=1S/C14H20N3.C7H8O3S/c1-3-4-10-14-12-17(15-16(14)2)11-13-8-6-5-7-9-13;1-6-2-4-7(5-3-6)11(8,9)10/h5-9,12H,3-4,10-11H2,1-2H3;2-5H,1H3,(H,8,9,10)/q+1;/p-1. The van der Waals surface area contributed by atoms with Crippen LogP contribution < -0.4 is 4.68 Å². The van der Waals surface area contributed by atoms with Crippen molar-refractivity contribution in [2.45, 2.75) is 44.6 Å². The first-order valence-electron chi connectivity index (χ1n) is 9.28. The number of unbranched alkanes of at least 4 members (excludes halogenated alkanes) is 1. The fourth-order valence-corrected chi connectivity index (χ4v) is 3.12. The molecule has 0 amide bonds. The molecule has 0 atom stereocenters. The van der Waals surface area contributed by atoms with Crippen LogP contribution >= 0.6 is 0 Å². The number of nitrogens with zero attached hydrogens (tertiary/aromatic N) is 3. The Morgan fingerprint density at radius 2 is 1.71 bits per heavy atom. The molecular weight excluding hydrogens is 374 g/mol. The number of rotatable bonds is 6. The van der Waals surface area contributed by atoms with Gasteiger partial charge in [0.2, 0.25) is 0 Å². The summed E-state index contributed by atoms with van der Waals surface area (Å²) in [6.45, 7) is 4.89. The zero-order chi connectivity index (χ0) is 20.6. The average Bonchev–Trinajstić information content (AvgIpc) is 3.00. The summed E-state index contributed by atoms with van der Waals surface area (Å²) in [5.74, 6) is 0. The second kappa shape index (κ2) is 10.1. The molecule has 28 heavy (non-hydrogen) atoms. The van der Waals surface area contributed by atoms with E-state index in [1.807, 2.05) is 29.4 Å². The van der Waals surface area contributed by atoms with E-state index in [1.165, 1.54) is 36.2 Å². The van der Waals surface area contributed by atoms with Gasteiger partial charge in [0.25, 0.3) is 0 Å². The normalized spacial score (nSPS) is 11.0. The van der Waals surface area contributed by atoms with Crippen LogP contribution in [0.3, 0.4) is 0 Å². The lowest BCUT2D eigenvalue weighted by Gasteiger charge is -2.05. The largest absolute Gasteiger partial charge is 0.744 e. The maximum absolute atomic E-state index is 10.4. The third kappa shape index (κ3) is 6.90. The first kappa shape index (κ1) is 21.8. The number of benzene rings is 2. The molecule has 6 nitrogen and oxygen atoms in total. The molecule has 0 N–H and O–H groups in total. The average molecular weight is 402 g/mol. The molecule has 0 radical (unpaired) electrons. The number of hydrogen-bond acceptors (Lipinski definition) is 4. The Bertz CT molecular complexity index is 966. The summed E-state index contributed by atoms with van der Waals surface area (Å²) < 4.78 is 35.2. The zero-order valence-corrected chi connectivity index (χ0v) is 17.4. The Balaban J connectivity index is 0.000000221. The van der Waals surface area contributed by atoms with E-state index < -0.39 is 10.1 Å². The summed E-state index contributed by atoms with van der Waals surface area (Å²) in [5, 5.41) is 4.49. The van der Waals surface area contributed by atoms with Crippen LogP contribution in [-0.4, -0.2) is 22.9 Å². The van der Waals surface area contributed by atoms with Gasteiger partial charge in [-0.15, -0.1) is 9.36 Å². The Kier molecular flexibility index (Phi) is 7.90. The van der Waals surface area contributed by atoms with Crippen molar-refractivity contribution < 1.29 is 17.7 Å². The summed E-state index contributed by atoms with van der Waals surface area (Å²) in [4.78, 5) is -0.178. The fraction of sp³-hybridized carbons (Fsp3) is 0.333. The highest BCUT2D eigenvalue weighted by Gasteiger charge is 2.11. The van der Waals surface area contributed by atoms with Gasteiger partial charge in [0, 0.05) is 6.42 Å². The monoisotopic (exact) mass is 401 g/mol. The fourth-order valence-electron chi connectivity index (χ4n) is 2.65. The third-order valence-electron chi connectivity index (χ3n) is 4.25. The molecule has 3 aromatic rings. The molecule has 3 rings (SSSR count). The van der Waals surface area contributed by atoms with Gasteiger partial charge in [0.15, 0.2) is 11.9 Å². The Hall–Kier alpha value is -2.51. The van der Waals surface area contributed by atoms with Gasteiger partial charge in [0.1, 0.15) is 23.7 Å². The molecule has 1 aromatic heterocycles. The van der Waals surface area contributed by atoms with Crippen LogP contribution in [0.15, 0.2) is 65.7 Å². The van der Waals surface area contributed by atoms with Gasteiger partial charge in [-0.1, -0.05) is 61.4 Å². The van der Waals surface area contributed by atoms with Crippen molar-refractivity contribution in [3.8, 4) is 0 Å². The number of aryl methyl sites for hydroxylation is 3. The molecule has 0 saturated carbocycles. The Morgan fingerprint density at radius 1 is 1.07 bits per heavy atom. The Labute approximate surface area is 167 Å². The third-order valence-corrected chi connectivity index (χ3v) is 5.10. The van der Waals surface area contributed by atoms with Crippen LogP contribution in [0.2, 0.25) is 0 Å². The van der Waals surface area contributed by atoms with Crippen LogP contribution in [0.1, 0.15) is 36.6 Å². The van der Waals surface area contributed by atoms with Crippen LogP contribution in [-0.2, 0) is 30.1 Å². The van der Waals surface area contributed by atoms with E-state index in [2.05, 4.69) is 42.6 Å². The molecule has 1 heterocycles. The van der Waals surface area contributed by atoms with Crippen LogP contribution in [0, 0.1) is 6.92 Å². The highest BCUT2D eigenvalue weighted by atomic mass is 32.2. The van der Waals surface area contributed by atoms with Crippen molar-refractivity contribution in [2.75, 3.05) is 0 Å². The van der Waals surface area contributed by atoms with Crippen LogP contribution in [0.25, 0.3) is 0 Å². The van der Waals surface area contributed by atoms with E-state index in [9.17, 15) is 13.0 Å². The zero-order valence-electron chi connectivity index (χ0n) is 16.6. The molecule has 0 fully saturated rings. The van der Waals surface area contributed by atoms with E-state index in [0.717, 1.165) is 18.5 Å². The van der Waals surface area contributed by atoms with Gasteiger partial charge in [-0.2, -0.15) is 0 Å².